The van der Waals surface area contributed by atoms with E-state index in [1.807, 2.05) is 42.1 Å². The summed E-state index contributed by atoms with van der Waals surface area (Å²) in [6, 6.07) is 18.5. The number of amides is 1. The van der Waals surface area contributed by atoms with Crippen LogP contribution in [0.2, 0.25) is 5.02 Å². The van der Waals surface area contributed by atoms with Crippen molar-refractivity contribution in [2.75, 3.05) is 11.7 Å². The maximum absolute atomic E-state index is 13.4. The molecule has 0 spiro atoms. The lowest BCUT2D eigenvalue weighted by atomic mass is 9.94. The highest BCUT2D eigenvalue weighted by Gasteiger charge is 2.48. The third kappa shape index (κ3) is 3.27. The average Bonchev–Trinajstić information content (AvgIpc) is 3.54. The summed E-state index contributed by atoms with van der Waals surface area (Å²) in [6.45, 7) is 0.0799. The zero-order valence-corrected chi connectivity index (χ0v) is 19.3. The Morgan fingerprint density at radius 2 is 1.74 bits per heavy atom. The Morgan fingerprint density at radius 3 is 2.54 bits per heavy atom. The van der Waals surface area contributed by atoms with Crippen LogP contribution < -0.4 is 14.4 Å². The van der Waals surface area contributed by atoms with E-state index >= 15 is 0 Å². The largest absolute Gasteiger partial charge is 0.507 e. The molecule has 1 atom stereocenters. The van der Waals surface area contributed by atoms with E-state index in [9.17, 15) is 14.7 Å². The van der Waals surface area contributed by atoms with Crippen molar-refractivity contribution < 1.29 is 24.2 Å². The number of ketones is 1. The van der Waals surface area contributed by atoms with Crippen molar-refractivity contribution in [3.8, 4) is 11.5 Å². The minimum absolute atomic E-state index is 0.000156. The lowest BCUT2D eigenvalue weighted by Crippen LogP contribution is -2.29. The van der Waals surface area contributed by atoms with Gasteiger partial charge < -0.3 is 19.1 Å². The minimum Gasteiger partial charge on any atom is -0.507 e. The van der Waals surface area contributed by atoms with Crippen LogP contribution >= 0.6 is 11.6 Å². The predicted molar refractivity (Wildman–Crippen MR) is 132 cm³/mol. The molecule has 1 N–H and O–H groups in total. The first-order valence-corrected chi connectivity index (χ1v) is 11.3. The van der Waals surface area contributed by atoms with Gasteiger partial charge in [-0.1, -0.05) is 29.8 Å². The maximum atomic E-state index is 13.4. The van der Waals surface area contributed by atoms with Crippen LogP contribution in [0.4, 0.5) is 5.69 Å². The van der Waals surface area contributed by atoms with Crippen molar-refractivity contribution in [3.63, 3.8) is 0 Å². The Hall–Kier alpha value is -4.23. The number of aliphatic hydroxyl groups excluding tert-OH is 1. The average molecular weight is 487 g/mol. The third-order valence-electron chi connectivity index (χ3n) is 6.42. The molecule has 2 aliphatic heterocycles. The van der Waals surface area contributed by atoms with Gasteiger partial charge in [0, 0.05) is 46.0 Å². The molecule has 174 valence electrons. The van der Waals surface area contributed by atoms with Gasteiger partial charge >= 0.3 is 0 Å². The Kier molecular flexibility index (Phi) is 4.82. The first-order chi connectivity index (χ1) is 16.9. The van der Waals surface area contributed by atoms with Crippen LogP contribution in [0.1, 0.15) is 17.2 Å². The van der Waals surface area contributed by atoms with Crippen LogP contribution in [-0.2, 0) is 16.6 Å². The number of benzene rings is 3. The molecule has 1 aromatic heterocycles. The molecular formula is C27H19ClN2O5. The van der Waals surface area contributed by atoms with Gasteiger partial charge in [-0.25, -0.2) is 0 Å². The summed E-state index contributed by atoms with van der Waals surface area (Å²) < 4.78 is 12.7. The second kappa shape index (κ2) is 7.92. The SMILES string of the molecule is Cn1cc(C2/C(=C(\O)c3ccc4c(c3)OCO4)C(=O)C(=O)N2c2ccc(Cl)cc2)c2ccccc21. The first-order valence-electron chi connectivity index (χ1n) is 10.9. The van der Waals surface area contributed by atoms with Crippen molar-refractivity contribution >= 4 is 45.6 Å². The van der Waals surface area contributed by atoms with E-state index < -0.39 is 17.7 Å². The summed E-state index contributed by atoms with van der Waals surface area (Å²) in [5, 5.41) is 12.8. The highest BCUT2D eigenvalue weighted by molar-refractivity contribution is 6.52. The normalized spacial score (nSPS) is 18.6. The number of aryl methyl sites for hydroxylation is 1. The summed E-state index contributed by atoms with van der Waals surface area (Å²) in [4.78, 5) is 28.2. The summed E-state index contributed by atoms with van der Waals surface area (Å²) in [5.74, 6) is -0.770. The number of halogens is 1. The van der Waals surface area contributed by atoms with Gasteiger partial charge in [-0.05, 0) is 48.5 Å². The highest BCUT2D eigenvalue weighted by atomic mass is 35.5. The number of ether oxygens (including phenoxy) is 2. The molecule has 3 aromatic carbocycles. The van der Waals surface area contributed by atoms with Crippen molar-refractivity contribution in [2.24, 2.45) is 7.05 Å². The van der Waals surface area contributed by atoms with E-state index in [0.717, 1.165) is 16.5 Å². The molecule has 6 rings (SSSR count). The fraction of sp³-hybridized carbons (Fsp3) is 0.111. The van der Waals surface area contributed by atoms with Gasteiger partial charge in [-0.3, -0.25) is 14.5 Å². The van der Waals surface area contributed by atoms with E-state index in [0.29, 0.717) is 27.8 Å². The zero-order valence-electron chi connectivity index (χ0n) is 18.6. The summed E-state index contributed by atoms with van der Waals surface area (Å²) in [6.07, 6.45) is 1.89. The number of aromatic nitrogens is 1. The molecule has 2 aliphatic rings. The number of anilines is 1. The second-order valence-electron chi connectivity index (χ2n) is 8.43. The topological polar surface area (TPSA) is 81.0 Å². The number of carbonyl (C=O) groups is 2. The van der Waals surface area contributed by atoms with Crippen LogP contribution in [0.15, 0.2) is 78.5 Å². The quantitative estimate of drug-likeness (QED) is 0.245. The van der Waals surface area contributed by atoms with Crippen LogP contribution in [-0.4, -0.2) is 28.2 Å². The van der Waals surface area contributed by atoms with Crippen molar-refractivity contribution in [1.82, 2.24) is 4.57 Å². The monoisotopic (exact) mass is 486 g/mol. The minimum atomic E-state index is -0.854. The number of nitrogens with zero attached hydrogens (tertiary/aromatic N) is 2. The Morgan fingerprint density at radius 1 is 1.00 bits per heavy atom. The van der Waals surface area contributed by atoms with Gasteiger partial charge in [-0.15, -0.1) is 0 Å². The number of hydrogen-bond acceptors (Lipinski definition) is 5. The predicted octanol–water partition coefficient (Wildman–Crippen LogP) is 5.19. The lowest BCUT2D eigenvalue weighted by Gasteiger charge is -2.25. The van der Waals surface area contributed by atoms with Crippen LogP contribution in [0.5, 0.6) is 11.5 Å². The van der Waals surface area contributed by atoms with Gasteiger partial charge in [0.15, 0.2) is 11.5 Å². The van der Waals surface area contributed by atoms with E-state index in [4.69, 9.17) is 21.1 Å². The summed E-state index contributed by atoms with van der Waals surface area (Å²) in [7, 11) is 1.90. The number of Topliss-reactive ketones (excluding diaryl/α,β-unsaturated/α-hetero) is 1. The molecule has 8 heteroatoms. The number of para-hydroxylation sites is 1. The molecule has 1 fully saturated rings. The van der Waals surface area contributed by atoms with Gasteiger partial charge in [-0.2, -0.15) is 0 Å². The van der Waals surface area contributed by atoms with Crippen molar-refractivity contribution in [3.05, 3.63) is 94.6 Å². The molecule has 3 heterocycles. The van der Waals surface area contributed by atoms with Crippen LogP contribution in [0, 0.1) is 0 Å². The zero-order chi connectivity index (χ0) is 24.3. The number of hydrogen-bond donors (Lipinski definition) is 1. The van der Waals surface area contributed by atoms with Crippen molar-refractivity contribution in [2.45, 2.75) is 6.04 Å². The second-order valence-corrected chi connectivity index (χ2v) is 8.86. The fourth-order valence-electron chi connectivity index (χ4n) is 4.79. The summed E-state index contributed by atoms with van der Waals surface area (Å²) >= 11 is 6.08. The number of carbonyl (C=O) groups excluding carboxylic acids is 2. The fourth-order valence-corrected chi connectivity index (χ4v) is 4.91. The molecule has 7 nitrogen and oxygen atoms in total. The number of aliphatic hydroxyl groups is 1. The van der Waals surface area contributed by atoms with Crippen molar-refractivity contribution in [1.29, 1.82) is 0 Å². The Balaban J connectivity index is 1.61. The number of rotatable bonds is 3. The van der Waals surface area contributed by atoms with Crippen LogP contribution in [0.3, 0.4) is 0 Å². The van der Waals surface area contributed by atoms with E-state index in [1.54, 1.807) is 42.5 Å². The molecule has 0 bridgehead atoms. The molecule has 0 radical (unpaired) electrons. The summed E-state index contributed by atoms with van der Waals surface area (Å²) in [5.41, 5.74) is 2.51. The maximum Gasteiger partial charge on any atom is 0.300 e. The van der Waals surface area contributed by atoms with Gasteiger partial charge in [0.25, 0.3) is 11.7 Å². The Labute approximate surface area is 205 Å². The first kappa shape index (κ1) is 21.3. The molecule has 1 amide bonds. The Bertz CT molecular complexity index is 1550. The molecule has 1 saturated heterocycles. The molecule has 4 aromatic rings. The molecule has 35 heavy (non-hydrogen) atoms. The van der Waals surface area contributed by atoms with Gasteiger partial charge in [0.1, 0.15) is 5.76 Å². The molecule has 0 saturated carbocycles. The molecule has 1 unspecified atom stereocenters. The standard InChI is InChI=1S/C27H19ClN2O5/c1-29-13-19(18-4-2-3-5-20(18)29)24-23(25(31)15-6-11-21-22(12-15)35-14-34-21)26(32)27(33)30(24)17-9-7-16(28)8-10-17/h2-13,24,31H,14H2,1H3/b25-23+. The molecular weight excluding hydrogens is 468 g/mol. The smallest absolute Gasteiger partial charge is 0.300 e. The van der Waals surface area contributed by atoms with E-state index in [-0.39, 0.29) is 18.1 Å². The van der Waals surface area contributed by atoms with Crippen LogP contribution in [0.25, 0.3) is 16.7 Å². The number of fused-ring (bicyclic) bond motifs is 2. The van der Waals surface area contributed by atoms with E-state index in [1.165, 1.54) is 4.90 Å². The van der Waals surface area contributed by atoms with E-state index in [2.05, 4.69) is 0 Å². The van der Waals surface area contributed by atoms with Gasteiger partial charge in [0.05, 0.1) is 11.6 Å². The highest BCUT2D eigenvalue weighted by Crippen LogP contribution is 2.45. The molecule has 0 aliphatic carbocycles. The van der Waals surface area contributed by atoms with Gasteiger partial charge in [0.2, 0.25) is 6.79 Å². The third-order valence-corrected chi connectivity index (χ3v) is 6.67. The lowest BCUT2D eigenvalue weighted by molar-refractivity contribution is -0.132.